The lowest BCUT2D eigenvalue weighted by Crippen LogP contribution is -2.41. The fourth-order valence-electron chi connectivity index (χ4n) is 4.07. The number of anilines is 1. The van der Waals surface area contributed by atoms with Crippen LogP contribution >= 0.6 is 23.2 Å². The summed E-state index contributed by atoms with van der Waals surface area (Å²) >= 11 is 12.4. The fourth-order valence-corrected chi connectivity index (χ4v) is 4.44. The number of hydrogen-bond donors (Lipinski definition) is 3. The van der Waals surface area contributed by atoms with Gasteiger partial charge in [-0.1, -0.05) is 23.8 Å². The Kier molecular flexibility index (Phi) is 5.46. The molecule has 0 spiro atoms. The third kappa shape index (κ3) is 3.74. The molecule has 1 aliphatic heterocycles. The number of aromatic nitrogens is 2. The second kappa shape index (κ2) is 7.84. The molecule has 0 radical (unpaired) electrons. The van der Waals surface area contributed by atoms with Gasteiger partial charge < -0.3 is 15.4 Å². The first kappa shape index (κ1) is 18.8. The summed E-state index contributed by atoms with van der Waals surface area (Å²) in [4.78, 5) is 10.1. The number of fused-ring (bicyclic) bond motifs is 3. The van der Waals surface area contributed by atoms with E-state index in [0.717, 1.165) is 54.9 Å². The zero-order chi connectivity index (χ0) is 19.0. The van der Waals surface area contributed by atoms with Crippen LogP contribution in [0.2, 0.25) is 5.02 Å². The number of hydrogen-bond acceptors (Lipinski definition) is 4. The van der Waals surface area contributed by atoms with Gasteiger partial charge in [0.25, 0.3) is 0 Å². The molecule has 2 unspecified atom stereocenters. The van der Waals surface area contributed by atoms with Crippen molar-refractivity contribution in [2.75, 3.05) is 31.6 Å². The van der Waals surface area contributed by atoms with E-state index in [2.05, 4.69) is 32.3 Å². The van der Waals surface area contributed by atoms with Crippen LogP contribution in [0.4, 0.5) is 5.69 Å². The first-order chi connectivity index (χ1) is 13.1. The maximum atomic E-state index is 10.1. The average Bonchev–Trinajstić information content (AvgIpc) is 3.02. The van der Waals surface area contributed by atoms with E-state index in [1.165, 1.54) is 10.8 Å². The van der Waals surface area contributed by atoms with Gasteiger partial charge in [-0.15, -0.1) is 11.6 Å². The van der Waals surface area contributed by atoms with Gasteiger partial charge >= 0.3 is 0 Å². The molecule has 0 amide bonds. The first-order valence-electron chi connectivity index (χ1n) is 9.34. The summed E-state index contributed by atoms with van der Waals surface area (Å²) < 4.78 is 0. The van der Waals surface area contributed by atoms with E-state index < -0.39 is 0 Å². The van der Waals surface area contributed by atoms with Gasteiger partial charge in [0.1, 0.15) is 0 Å². The third-order valence-electron chi connectivity index (χ3n) is 5.47. The molecule has 7 heteroatoms. The highest BCUT2D eigenvalue weighted by molar-refractivity contribution is 6.30. The lowest BCUT2D eigenvalue weighted by molar-refractivity contribution is 0.116. The van der Waals surface area contributed by atoms with Crippen molar-refractivity contribution in [1.29, 1.82) is 0 Å². The molecule has 5 nitrogen and oxygen atoms in total. The quantitative estimate of drug-likeness (QED) is 0.663. The van der Waals surface area contributed by atoms with Crippen LogP contribution < -0.4 is 15.9 Å². The van der Waals surface area contributed by atoms with Crippen LogP contribution in [0, 0.1) is 6.92 Å². The van der Waals surface area contributed by atoms with Crippen molar-refractivity contribution in [2.45, 2.75) is 31.2 Å². The zero-order valence-corrected chi connectivity index (χ0v) is 16.8. The Morgan fingerprint density at radius 3 is 3.11 bits per heavy atom. The van der Waals surface area contributed by atoms with Gasteiger partial charge in [0.15, 0.2) is 0 Å². The van der Waals surface area contributed by atoms with E-state index >= 15 is 0 Å². The van der Waals surface area contributed by atoms with Crippen LogP contribution in [0.25, 0.3) is 12.2 Å². The SMILES string of the molecule is Cc1ncc(Cl)cc1NCCN1CCc2c([nH]c3c2=CC(Cl)CC=3)C1CO. The van der Waals surface area contributed by atoms with Crippen molar-refractivity contribution in [1.82, 2.24) is 14.9 Å². The number of aliphatic hydroxyl groups is 1. The van der Waals surface area contributed by atoms with Gasteiger partial charge in [0, 0.05) is 42.1 Å². The Bertz CT molecular complexity index is 956. The van der Waals surface area contributed by atoms with Crippen LogP contribution in [-0.4, -0.2) is 51.6 Å². The minimum atomic E-state index is -0.0182. The molecule has 27 heavy (non-hydrogen) atoms. The van der Waals surface area contributed by atoms with Crippen molar-refractivity contribution in [3.63, 3.8) is 0 Å². The third-order valence-corrected chi connectivity index (χ3v) is 5.98. The van der Waals surface area contributed by atoms with Gasteiger partial charge in [0.05, 0.1) is 34.4 Å². The molecule has 144 valence electrons. The molecule has 0 aromatic carbocycles. The molecule has 2 aliphatic rings. The highest BCUT2D eigenvalue weighted by Crippen LogP contribution is 2.26. The van der Waals surface area contributed by atoms with Gasteiger partial charge in [-0.25, -0.2) is 0 Å². The second-order valence-electron chi connectivity index (χ2n) is 7.16. The van der Waals surface area contributed by atoms with Crippen LogP contribution in [0.5, 0.6) is 0 Å². The Balaban J connectivity index is 1.50. The van der Waals surface area contributed by atoms with Gasteiger partial charge in [-0.2, -0.15) is 0 Å². The van der Waals surface area contributed by atoms with E-state index in [-0.39, 0.29) is 18.0 Å². The Morgan fingerprint density at radius 1 is 1.44 bits per heavy atom. The van der Waals surface area contributed by atoms with Crippen molar-refractivity contribution in [3.8, 4) is 0 Å². The second-order valence-corrected chi connectivity index (χ2v) is 8.16. The predicted octanol–water partition coefficient (Wildman–Crippen LogP) is 1.95. The highest BCUT2D eigenvalue weighted by Gasteiger charge is 2.29. The van der Waals surface area contributed by atoms with Crippen molar-refractivity contribution < 1.29 is 5.11 Å². The molecular weight excluding hydrogens is 383 g/mol. The van der Waals surface area contributed by atoms with E-state index in [9.17, 15) is 5.11 Å². The molecular formula is C20H24Cl2N4O. The fraction of sp³-hybridized carbons (Fsp3) is 0.450. The molecule has 2 atom stereocenters. The Hall–Kier alpha value is -1.53. The molecule has 3 N–H and O–H groups in total. The number of pyridine rings is 1. The van der Waals surface area contributed by atoms with Crippen molar-refractivity contribution >= 4 is 41.0 Å². The highest BCUT2D eigenvalue weighted by atomic mass is 35.5. The molecule has 2 aromatic heterocycles. The summed E-state index contributed by atoms with van der Waals surface area (Å²) in [7, 11) is 0. The molecule has 4 rings (SSSR count). The van der Waals surface area contributed by atoms with E-state index in [4.69, 9.17) is 23.2 Å². The molecule has 1 aliphatic carbocycles. The van der Waals surface area contributed by atoms with Crippen LogP contribution in [0.3, 0.4) is 0 Å². The Morgan fingerprint density at radius 2 is 2.30 bits per heavy atom. The number of halogens is 2. The van der Waals surface area contributed by atoms with E-state index in [1.807, 2.05) is 13.0 Å². The number of alkyl halides is 1. The number of aryl methyl sites for hydroxylation is 1. The number of nitrogens with one attached hydrogen (secondary N) is 2. The summed E-state index contributed by atoms with van der Waals surface area (Å²) in [5.74, 6) is 0. The minimum absolute atomic E-state index is 0.0182. The summed E-state index contributed by atoms with van der Waals surface area (Å²) in [6, 6.07) is 1.88. The summed E-state index contributed by atoms with van der Waals surface area (Å²) in [5.41, 5.74) is 4.32. The number of nitrogens with zero attached hydrogens (tertiary/aromatic N) is 2. The molecule has 0 saturated heterocycles. The van der Waals surface area contributed by atoms with Gasteiger partial charge in [0.2, 0.25) is 0 Å². The predicted molar refractivity (Wildman–Crippen MR) is 111 cm³/mol. The molecule has 3 heterocycles. The van der Waals surface area contributed by atoms with E-state index in [0.29, 0.717) is 5.02 Å². The van der Waals surface area contributed by atoms with Crippen LogP contribution in [0.1, 0.15) is 29.4 Å². The normalized spacial score (nSPS) is 21.8. The lowest BCUT2D eigenvalue weighted by Gasteiger charge is -2.34. The topological polar surface area (TPSA) is 64.2 Å². The summed E-state index contributed by atoms with van der Waals surface area (Å²) in [5, 5.41) is 16.5. The standard InChI is InChI=1S/C20H24Cl2N4O/c1-12-18(9-14(22)10-24-12)23-5-7-26-6-4-15-16-8-13(21)2-3-17(16)25-20(15)19(26)11-27/h3,8-10,13,19,23,25,27H,2,4-7,11H2,1H3. The smallest absolute Gasteiger partial charge is 0.0736 e. The monoisotopic (exact) mass is 406 g/mol. The van der Waals surface area contributed by atoms with E-state index in [1.54, 1.807) is 6.20 Å². The van der Waals surface area contributed by atoms with Crippen LogP contribution in [0.15, 0.2) is 12.3 Å². The zero-order valence-electron chi connectivity index (χ0n) is 15.3. The molecule has 0 saturated carbocycles. The Labute approximate surface area is 168 Å². The van der Waals surface area contributed by atoms with Crippen molar-refractivity contribution in [3.05, 3.63) is 44.8 Å². The lowest BCUT2D eigenvalue weighted by atomic mass is 9.97. The first-order valence-corrected chi connectivity index (χ1v) is 10.2. The largest absolute Gasteiger partial charge is 0.394 e. The van der Waals surface area contributed by atoms with Gasteiger partial charge in [-0.05, 0) is 31.4 Å². The minimum Gasteiger partial charge on any atom is -0.394 e. The number of H-pyrrole nitrogens is 1. The number of aromatic amines is 1. The summed E-state index contributed by atoms with van der Waals surface area (Å²) in [6.45, 7) is 4.55. The maximum absolute atomic E-state index is 10.1. The van der Waals surface area contributed by atoms with Crippen LogP contribution in [-0.2, 0) is 6.42 Å². The van der Waals surface area contributed by atoms with Gasteiger partial charge in [-0.3, -0.25) is 9.88 Å². The molecule has 0 bridgehead atoms. The molecule has 2 aromatic rings. The maximum Gasteiger partial charge on any atom is 0.0736 e. The average molecular weight is 407 g/mol. The number of aliphatic hydroxyl groups excluding tert-OH is 1. The van der Waals surface area contributed by atoms with Crippen molar-refractivity contribution in [2.24, 2.45) is 0 Å². The number of rotatable bonds is 5. The molecule has 0 fully saturated rings. The summed E-state index contributed by atoms with van der Waals surface area (Å²) in [6.07, 6.45) is 7.78.